The summed E-state index contributed by atoms with van der Waals surface area (Å²) in [5, 5.41) is 3.51. The van der Waals surface area contributed by atoms with Crippen molar-refractivity contribution in [2.45, 2.75) is 26.6 Å². The molecular formula is C10H17N3Si. The van der Waals surface area contributed by atoms with E-state index in [0.29, 0.717) is 0 Å². The Kier molecular flexibility index (Phi) is 3.05. The second-order valence-corrected chi connectivity index (χ2v) is 9.26. The highest BCUT2D eigenvalue weighted by Crippen LogP contribution is 2.27. The molecule has 0 aliphatic carbocycles. The third-order valence-corrected chi connectivity index (χ3v) is 2.80. The molecule has 0 amide bonds. The minimum Gasteiger partial charge on any atom is -0.409 e. The van der Waals surface area contributed by atoms with Crippen LogP contribution in [0, 0.1) is 12.5 Å². The van der Waals surface area contributed by atoms with Crippen LogP contribution in [-0.2, 0) is 0 Å². The van der Waals surface area contributed by atoms with Crippen molar-refractivity contribution in [2.24, 2.45) is 5.11 Å². The maximum Gasteiger partial charge on any atom is 0.144 e. The maximum atomic E-state index is 7.06. The molecule has 0 radical (unpaired) electrons. The van der Waals surface area contributed by atoms with Crippen LogP contribution < -0.4 is 4.98 Å². The van der Waals surface area contributed by atoms with Gasteiger partial charge in [-0.1, -0.05) is 25.7 Å². The molecule has 0 bridgehead atoms. The molecule has 76 valence electrons. The van der Waals surface area contributed by atoms with Crippen molar-refractivity contribution in [3.63, 3.8) is 0 Å². The zero-order valence-electron chi connectivity index (χ0n) is 9.18. The fourth-order valence-electron chi connectivity index (χ4n) is 1.25. The molecule has 0 fully saturated rings. The van der Waals surface area contributed by atoms with Gasteiger partial charge in [0.2, 0.25) is 0 Å². The van der Waals surface area contributed by atoms with Crippen LogP contribution in [0.1, 0.15) is 5.56 Å². The molecule has 0 saturated heterocycles. The zero-order valence-corrected chi connectivity index (χ0v) is 10.2. The Bertz CT molecular complexity index is 342. The largest absolute Gasteiger partial charge is 0.409 e. The van der Waals surface area contributed by atoms with Crippen LogP contribution in [0.15, 0.2) is 23.3 Å². The van der Waals surface area contributed by atoms with Gasteiger partial charge in [-0.15, -0.1) is 0 Å². The first-order valence-corrected chi connectivity index (χ1v) is 8.19. The van der Waals surface area contributed by atoms with Crippen LogP contribution in [0.25, 0.3) is 0 Å². The number of anilines is 1. The van der Waals surface area contributed by atoms with E-state index in [1.807, 2.05) is 25.1 Å². The second-order valence-electron chi connectivity index (χ2n) is 4.51. The third-order valence-electron chi connectivity index (χ3n) is 1.78. The van der Waals surface area contributed by atoms with Gasteiger partial charge in [0.25, 0.3) is 0 Å². The van der Waals surface area contributed by atoms with Gasteiger partial charge in [0.05, 0.1) is 5.69 Å². The van der Waals surface area contributed by atoms with Gasteiger partial charge in [-0.05, 0) is 24.6 Å². The van der Waals surface area contributed by atoms with Gasteiger partial charge in [-0.3, -0.25) is 0 Å². The van der Waals surface area contributed by atoms with Crippen molar-refractivity contribution in [3.8, 4) is 0 Å². The van der Waals surface area contributed by atoms with Gasteiger partial charge in [0, 0.05) is 0 Å². The zero-order chi connectivity index (χ0) is 10.8. The summed E-state index contributed by atoms with van der Waals surface area (Å²) in [6.45, 7) is 8.72. The summed E-state index contributed by atoms with van der Waals surface area (Å²) >= 11 is 0. The van der Waals surface area contributed by atoms with Crippen LogP contribution in [0.5, 0.6) is 0 Å². The summed E-state index contributed by atoms with van der Waals surface area (Å²) in [5.74, 6) is 0. The molecule has 0 spiro atoms. The van der Waals surface area contributed by atoms with E-state index in [1.54, 1.807) is 0 Å². The first-order valence-electron chi connectivity index (χ1n) is 4.69. The maximum absolute atomic E-state index is 7.06. The van der Waals surface area contributed by atoms with Crippen LogP contribution in [-0.4, -0.2) is 8.24 Å². The average Bonchev–Trinajstić information content (AvgIpc) is 2.01. The Balaban J connectivity index is 3.05. The van der Waals surface area contributed by atoms with Crippen molar-refractivity contribution in [1.29, 1.82) is 5.53 Å². The molecule has 4 heteroatoms. The van der Waals surface area contributed by atoms with E-state index in [0.717, 1.165) is 11.4 Å². The van der Waals surface area contributed by atoms with Crippen LogP contribution in [0.4, 0.5) is 11.4 Å². The lowest BCUT2D eigenvalue weighted by molar-refractivity contribution is 1.15. The van der Waals surface area contributed by atoms with Gasteiger partial charge in [0.1, 0.15) is 13.9 Å². The van der Waals surface area contributed by atoms with Crippen molar-refractivity contribution >= 4 is 19.6 Å². The number of nitrogens with one attached hydrogen (secondary N) is 2. The van der Waals surface area contributed by atoms with Gasteiger partial charge in [-0.2, -0.15) is 5.11 Å². The van der Waals surface area contributed by atoms with Crippen molar-refractivity contribution < 1.29 is 0 Å². The van der Waals surface area contributed by atoms with Crippen LogP contribution >= 0.6 is 0 Å². The number of benzene rings is 1. The van der Waals surface area contributed by atoms with Crippen molar-refractivity contribution in [1.82, 2.24) is 0 Å². The van der Waals surface area contributed by atoms with E-state index in [4.69, 9.17) is 5.53 Å². The highest BCUT2D eigenvalue weighted by Gasteiger charge is 2.14. The fourth-order valence-corrected chi connectivity index (χ4v) is 2.26. The standard InChI is InChI=1S/C10H17N3Si/c1-8-5-6-9(12-11)10(7-8)13-14(2,3)4/h5-7,11,13H,1-4H3. The summed E-state index contributed by atoms with van der Waals surface area (Å²) in [7, 11) is -1.36. The Labute approximate surface area is 86.1 Å². The van der Waals surface area contributed by atoms with E-state index >= 15 is 0 Å². The SMILES string of the molecule is Cc1ccc(N=N)c(N[Si](C)(C)C)c1. The second kappa shape index (κ2) is 3.92. The first kappa shape index (κ1) is 10.9. The molecule has 1 rings (SSSR count). The summed E-state index contributed by atoms with van der Waals surface area (Å²) in [6, 6.07) is 5.90. The van der Waals surface area contributed by atoms with Gasteiger partial charge >= 0.3 is 0 Å². The lowest BCUT2D eigenvalue weighted by Crippen LogP contribution is -2.32. The van der Waals surface area contributed by atoms with E-state index in [9.17, 15) is 0 Å². The van der Waals surface area contributed by atoms with Gasteiger partial charge < -0.3 is 4.98 Å². The highest BCUT2D eigenvalue weighted by atomic mass is 28.3. The fraction of sp³-hybridized carbons (Fsp3) is 0.400. The molecule has 3 nitrogen and oxygen atoms in total. The molecule has 0 aliphatic heterocycles. The Morgan fingerprint density at radius 3 is 2.43 bits per heavy atom. The van der Waals surface area contributed by atoms with Crippen molar-refractivity contribution in [3.05, 3.63) is 23.8 Å². The molecule has 0 atom stereocenters. The van der Waals surface area contributed by atoms with E-state index in [1.165, 1.54) is 5.56 Å². The van der Waals surface area contributed by atoms with E-state index < -0.39 is 8.24 Å². The molecule has 1 aromatic rings. The third kappa shape index (κ3) is 2.96. The number of aryl methyl sites for hydroxylation is 1. The van der Waals surface area contributed by atoms with Gasteiger partial charge in [0.15, 0.2) is 0 Å². The van der Waals surface area contributed by atoms with Gasteiger partial charge in [-0.25, -0.2) is 5.53 Å². The number of nitrogens with zero attached hydrogens (tertiary/aromatic N) is 1. The predicted octanol–water partition coefficient (Wildman–Crippen LogP) is 3.90. The molecule has 1 aromatic carbocycles. The molecule has 0 unspecified atom stereocenters. The number of rotatable bonds is 3. The van der Waals surface area contributed by atoms with Crippen LogP contribution in [0.2, 0.25) is 19.6 Å². The Morgan fingerprint density at radius 1 is 1.29 bits per heavy atom. The van der Waals surface area contributed by atoms with E-state index in [-0.39, 0.29) is 0 Å². The normalized spacial score (nSPS) is 11.1. The molecule has 0 aliphatic rings. The van der Waals surface area contributed by atoms with E-state index in [2.05, 4.69) is 29.7 Å². The molecular weight excluding hydrogens is 190 g/mol. The van der Waals surface area contributed by atoms with Crippen LogP contribution in [0.3, 0.4) is 0 Å². The number of hydrogen-bond acceptors (Lipinski definition) is 3. The summed E-state index contributed by atoms with van der Waals surface area (Å²) in [5.41, 5.74) is 9.96. The molecule has 0 aromatic heterocycles. The average molecular weight is 207 g/mol. The summed E-state index contributed by atoms with van der Waals surface area (Å²) < 4.78 is 0. The Morgan fingerprint density at radius 2 is 1.93 bits per heavy atom. The minimum atomic E-state index is -1.36. The molecule has 2 N–H and O–H groups in total. The molecule has 0 saturated carbocycles. The van der Waals surface area contributed by atoms with Crippen molar-refractivity contribution in [2.75, 3.05) is 4.98 Å². The quantitative estimate of drug-likeness (QED) is 0.573. The molecule has 14 heavy (non-hydrogen) atoms. The molecule has 0 heterocycles. The monoisotopic (exact) mass is 207 g/mol. The Hall–Kier alpha value is -1.16. The lowest BCUT2D eigenvalue weighted by Gasteiger charge is -2.20. The highest BCUT2D eigenvalue weighted by molar-refractivity contribution is 6.79. The first-order chi connectivity index (χ1) is 6.42. The number of hydrogen-bond donors (Lipinski definition) is 2. The predicted molar refractivity (Wildman–Crippen MR) is 63.0 cm³/mol. The lowest BCUT2D eigenvalue weighted by atomic mass is 10.2. The minimum absolute atomic E-state index is 0.720. The summed E-state index contributed by atoms with van der Waals surface area (Å²) in [4.78, 5) is 3.47. The topological polar surface area (TPSA) is 48.2 Å². The summed E-state index contributed by atoms with van der Waals surface area (Å²) in [6.07, 6.45) is 0. The smallest absolute Gasteiger partial charge is 0.144 e.